The highest BCUT2D eigenvalue weighted by atomic mass is 16.3. The number of aromatic hydroxyl groups is 1. The number of benzene rings is 6. The smallest absolute Gasteiger partial charge is 0.147 e. The van der Waals surface area contributed by atoms with Gasteiger partial charge in [0.05, 0.1) is 16.7 Å². The second-order valence-corrected chi connectivity index (χ2v) is 15.0. The lowest BCUT2D eigenvalue weighted by molar-refractivity contribution is 0.444. The summed E-state index contributed by atoms with van der Waals surface area (Å²) in [7, 11) is 0. The first-order valence-electron chi connectivity index (χ1n) is 17.2. The molecule has 0 saturated heterocycles. The largest absolute Gasteiger partial charge is 0.507 e. The molecule has 0 aliphatic heterocycles. The number of nitrogens with zero attached hydrogens (tertiary/aromatic N) is 3. The van der Waals surface area contributed by atoms with Crippen molar-refractivity contribution in [1.29, 1.82) is 0 Å². The van der Waals surface area contributed by atoms with Gasteiger partial charge in [-0.15, -0.1) is 0 Å². The number of fused-ring (bicyclic) bond motifs is 1. The third-order valence-electron chi connectivity index (χ3n) is 9.30. The number of rotatable bonds is 6. The van der Waals surface area contributed by atoms with Crippen LogP contribution in [0.4, 0.5) is 5.69 Å². The van der Waals surface area contributed by atoms with E-state index < -0.39 is 0 Å². The molecule has 0 aliphatic rings. The summed E-state index contributed by atoms with van der Waals surface area (Å²) < 4.78 is 2.22. The van der Waals surface area contributed by atoms with Crippen LogP contribution in [0.15, 0.2) is 145 Å². The normalized spacial score (nSPS) is 12.2. The molecule has 0 spiro atoms. The third kappa shape index (κ3) is 6.37. The monoisotopic (exact) mass is 653 g/mol. The van der Waals surface area contributed by atoms with E-state index in [-0.39, 0.29) is 16.6 Å². The Balaban J connectivity index is 1.38. The zero-order valence-electron chi connectivity index (χ0n) is 29.6. The molecule has 0 aliphatic carbocycles. The van der Waals surface area contributed by atoms with Crippen LogP contribution in [0.1, 0.15) is 58.2 Å². The first kappa shape index (κ1) is 32.8. The molecule has 0 bridgehead atoms. The average Bonchev–Trinajstić information content (AvgIpc) is 3.51. The highest BCUT2D eigenvalue weighted by Gasteiger charge is 2.25. The van der Waals surface area contributed by atoms with Crippen LogP contribution in [-0.2, 0) is 10.8 Å². The Morgan fingerprint density at radius 1 is 0.600 bits per heavy atom. The first-order valence-corrected chi connectivity index (χ1v) is 17.2. The van der Waals surface area contributed by atoms with Crippen LogP contribution in [0.2, 0.25) is 0 Å². The van der Waals surface area contributed by atoms with E-state index in [1.165, 1.54) is 11.1 Å². The molecule has 7 rings (SSSR count). The lowest BCUT2D eigenvalue weighted by atomic mass is 9.79. The molecule has 1 N–H and O–H groups in total. The molecule has 4 nitrogen and oxygen atoms in total. The molecule has 248 valence electrons. The predicted octanol–water partition coefficient (Wildman–Crippen LogP) is 12.1. The van der Waals surface area contributed by atoms with E-state index in [1.54, 1.807) is 6.21 Å². The quantitative estimate of drug-likeness (QED) is 0.182. The number of imidazole rings is 1. The minimum Gasteiger partial charge on any atom is -0.507 e. The van der Waals surface area contributed by atoms with Crippen molar-refractivity contribution < 1.29 is 5.11 Å². The van der Waals surface area contributed by atoms with Crippen molar-refractivity contribution in [2.75, 3.05) is 0 Å². The van der Waals surface area contributed by atoms with Gasteiger partial charge in [0.2, 0.25) is 0 Å². The topological polar surface area (TPSA) is 50.4 Å². The molecular weight excluding hydrogens is 611 g/mol. The lowest BCUT2D eigenvalue weighted by Gasteiger charge is -2.27. The number of phenols is 1. The summed E-state index contributed by atoms with van der Waals surface area (Å²) >= 11 is 0. The molecule has 0 amide bonds. The highest BCUT2D eigenvalue weighted by Crippen LogP contribution is 2.40. The van der Waals surface area contributed by atoms with E-state index in [1.807, 2.05) is 30.3 Å². The van der Waals surface area contributed by atoms with Crippen LogP contribution in [0.25, 0.3) is 50.4 Å². The SMILES string of the molecule is CC(C)(C)c1cc(C=Nc2ccccc2-c2nc3c(-c4ccc(-c5ccccc5)cc4)cccc3n2-c2ccccc2)c(O)c(C(C)(C)C)c1. The summed E-state index contributed by atoms with van der Waals surface area (Å²) in [4.78, 5) is 10.4. The molecule has 0 saturated carbocycles. The number of aromatic nitrogens is 2. The summed E-state index contributed by atoms with van der Waals surface area (Å²) in [6.45, 7) is 13.0. The second-order valence-electron chi connectivity index (χ2n) is 15.0. The van der Waals surface area contributed by atoms with Crippen molar-refractivity contribution >= 4 is 22.9 Å². The lowest BCUT2D eigenvalue weighted by Crippen LogP contribution is -2.17. The Kier molecular flexibility index (Phi) is 8.49. The Morgan fingerprint density at radius 3 is 1.88 bits per heavy atom. The van der Waals surface area contributed by atoms with Gasteiger partial charge in [-0.2, -0.15) is 0 Å². The highest BCUT2D eigenvalue weighted by molar-refractivity contribution is 5.97. The summed E-state index contributed by atoms with van der Waals surface area (Å²) in [5.41, 5.74) is 11.6. The molecule has 1 aromatic heterocycles. The Morgan fingerprint density at radius 2 is 1.20 bits per heavy atom. The maximum absolute atomic E-state index is 11.5. The van der Waals surface area contributed by atoms with Crippen molar-refractivity contribution in [1.82, 2.24) is 9.55 Å². The molecule has 50 heavy (non-hydrogen) atoms. The molecule has 7 aromatic rings. The van der Waals surface area contributed by atoms with Crippen LogP contribution < -0.4 is 0 Å². The average molecular weight is 654 g/mol. The van der Waals surface area contributed by atoms with Crippen molar-refractivity contribution in [2.24, 2.45) is 4.99 Å². The van der Waals surface area contributed by atoms with Gasteiger partial charge < -0.3 is 5.11 Å². The molecule has 4 heteroatoms. The van der Waals surface area contributed by atoms with E-state index in [4.69, 9.17) is 9.98 Å². The standard InChI is InChI=1S/C46H43N3O/c1-45(2,3)35-28-34(43(50)39(29-35)46(4,5)6)30-47-40-22-14-13-20-38(40)44-48-42-37(21-15-23-41(42)49(44)36-18-11-8-12-19-36)33-26-24-32(25-27-33)31-16-9-7-10-17-31/h7-30,50H,1-6H3. The number of aliphatic imine (C=N–C) groups is 1. The van der Waals surface area contributed by atoms with E-state index in [0.29, 0.717) is 5.56 Å². The van der Waals surface area contributed by atoms with Crippen molar-refractivity contribution in [2.45, 2.75) is 52.4 Å². The predicted molar refractivity (Wildman–Crippen MR) is 210 cm³/mol. The number of phenolic OH excluding ortho intramolecular Hbond substituents is 1. The van der Waals surface area contributed by atoms with Crippen molar-refractivity contribution in [3.8, 4) is 45.1 Å². The summed E-state index contributed by atoms with van der Waals surface area (Å²) in [6.07, 6.45) is 1.80. The summed E-state index contributed by atoms with van der Waals surface area (Å²) in [6, 6.07) is 48.2. The van der Waals surface area contributed by atoms with Crippen molar-refractivity contribution in [3.63, 3.8) is 0 Å². The summed E-state index contributed by atoms with van der Waals surface area (Å²) in [5.74, 6) is 1.07. The van der Waals surface area contributed by atoms with Gasteiger partial charge in [-0.3, -0.25) is 9.56 Å². The van der Waals surface area contributed by atoms with Gasteiger partial charge >= 0.3 is 0 Å². The van der Waals surface area contributed by atoms with Crippen LogP contribution in [-0.4, -0.2) is 20.9 Å². The molecule has 0 fully saturated rings. The fourth-order valence-electron chi connectivity index (χ4n) is 6.50. The van der Waals surface area contributed by atoms with Gasteiger partial charge in [-0.05, 0) is 69.5 Å². The van der Waals surface area contributed by atoms with Gasteiger partial charge in [0.1, 0.15) is 11.6 Å². The van der Waals surface area contributed by atoms with Crippen LogP contribution in [0, 0.1) is 0 Å². The van der Waals surface area contributed by atoms with E-state index in [9.17, 15) is 5.11 Å². The molecule has 0 atom stereocenters. The maximum Gasteiger partial charge on any atom is 0.147 e. The maximum atomic E-state index is 11.5. The van der Waals surface area contributed by atoms with Gasteiger partial charge in [-0.1, -0.05) is 145 Å². The Bertz CT molecular complexity index is 2320. The number of hydrogen-bond donors (Lipinski definition) is 1. The second kappa shape index (κ2) is 12.9. The van der Waals surface area contributed by atoms with E-state index >= 15 is 0 Å². The van der Waals surface area contributed by atoms with Gasteiger partial charge in [0, 0.05) is 34.2 Å². The fourth-order valence-corrected chi connectivity index (χ4v) is 6.50. The minimum absolute atomic E-state index is 0.0890. The third-order valence-corrected chi connectivity index (χ3v) is 9.30. The number of hydrogen-bond acceptors (Lipinski definition) is 3. The van der Waals surface area contributed by atoms with Gasteiger partial charge in [-0.25, -0.2) is 4.98 Å². The zero-order valence-corrected chi connectivity index (χ0v) is 29.6. The molecule has 0 radical (unpaired) electrons. The summed E-state index contributed by atoms with van der Waals surface area (Å²) in [5, 5.41) is 11.5. The van der Waals surface area contributed by atoms with Crippen LogP contribution >= 0.6 is 0 Å². The molecule has 0 unspecified atom stereocenters. The van der Waals surface area contributed by atoms with Crippen LogP contribution in [0.5, 0.6) is 5.75 Å². The zero-order chi connectivity index (χ0) is 35.0. The Labute approximate surface area is 295 Å². The first-order chi connectivity index (χ1) is 24.0. The molecule has 1 heterocycles. The van der Waals surface area contributed by atoms with Gasteiger partial charge in [0.25, 0.3) is 0 Å². The van der Waals surface area contributed by atoms with E-state index in [0.717, 1.165) is 56.0 Å². The van der Waals surface area contributed by atoms with Crippen molar-refractivity contribution in [3.05, 3.63) is 156 Å². The Hall–Kier alpha value is -5.74. The fraction of sp³-hybridized carbons (Fsp3) is 0.174. The molecule has 6 aromatic carbocycles. The number of para-hydroxylation sites is 3. The van der Waals surface area contributed by atoms with E-state index in [2.05, 4.69) is 155 Å². The minimum atomic E-state index is -0.230. The molecular formula is C46H43N3O. The van der Waals surface area contributed by atoms with Gasteiger partial charge in [0.15, 0.2) is 0 Å². The van der Waals surface area contributed by atoms with Crippen LogP contribution in [0.3, 0.4) is 0 Å².